The largest absolute Gasteiger partial charge is 0.465 e. The van der Waals surface area contributed by atoms with Gasteiger partial charge >= 0.3 is 0 Å². The van der Waals surface area contributed by atoms with Gasteiger partial charge in [0.1, 0.15) is 11.5 Å². The van der Waals surface area contributed by atoms with Gasteiger partial charge in [0.15, 0.2) is 0 Å². The van der Waals surface area contributed by atoms with Crippen LogP contribution < -0.4 is 5.73 Å². The van der Waals surface area contributed by atoms with Crippen LogP contribution in [0.4, 0.5) is 0 Å². The van der Waals surface area contributed by atoms with E-state index in [9.17, 15) is 0 Å². The Balaban J connectivity index is 2.07. The maximum absolute atomic E-state index is 5.68. The van der Waals surface area contributed by atoms with E-state index in [2.05, 4.69) is 31.7 Å². The fraction of sp³-hybridized carbons (Fsp3) is 0.750. The molecule has 2 N–H and O–H groups in total. The zero-order valence-corrected chi connectivity index (χ0v) is 12.6. The molecule has 2 rings (SSSR count). The fourth-order valence-corrected chi connectivity index (χ4v) is 3.15. The molecule has 0 aromatic carbocycles. The van der Waals surface area contributed by atoms with E-state index in [1.807, 2.05) is 0 Å². The molecule has 0 unspecified atom stereocenters. The Bertz CT molecular complexity index is 391. The smallest absolute Gasteiger partial charge is 0.118 e. The number of furan rings is 1. The summed E-state index contributed by atoms with van der Waals surface area (Å²) in [6.07, 6.45) is 5.48. The molecule has 108 valence electrons. The highest BCUT2D eigenvalue weighted by Gasteiger charge is 2.24. The third kappa shape index (κ3) is 3.83. The molecule has 19 heavy (non-hydrogen) atoms. The molecule has 1 fully saturated rings. The lowest BCUT2D eigenvalue weighted by Gasteiger charge is -2.30. The number of aryl methyl sites for hydroxylation is 1. The molecule has 1 aliphatic rings. The van der Waals surface area contributed by atoms with Crippen molar-refractivity contribution in [1.82, 2.24) is 4.90 Å². The summed E-state index contributed by atoms with van der Waals surface area (Å²) in [5.74, 6) is 2.65. The van der Waals surface area contributed by atoms with Crippen molar-refractivity contribution in [2.75, 3.05) is 6.54 Å². The number of hydrogen-bond acceptors (Lipinski definition) is 3. The zero-order chi connectivity index (χ0) is 13.8. The van der Waals surface area contributed by atoms with Crippen molar-refractivity contribution >= 4 is 0 Å². The molecule has 0 bridgehead atoms. The van der Waals surface area contributed by atoms with Gasteiger partial charge in [0.2, 0.25) is 0 Å². The molecule has 1 saturated carbocycles. The maximum atomic E-state index is 5.68. The van der Waals surface area contributed by atoms with Gasteiger partial charge in [-0.15, -0.1) is 0 Å². The Morgan fingerprint density at radius 2 is 2.05 bits per heavy atom. The molecule has 0 radical (unpaired) electrons. The Morgan fingerprint density at radius 1 is 1.37 bits per heavy atom. The molecule has 0 spiro atoms. The lowest BCUT2D eigenvalue weighted by Crippen LogP contribution is -2.35. The van der Waals surface area contributed by atoms with Gasteiger partial charge in [-0.05, 0) is 31.7 Å². The average molecular weight is 264 g/mol. The molecule has 0 aliphatic heterocycles. The lowest BCUT2D eigenvalue weighted by molar-refractivity contribution is 0.168. The number of nitrogens with two attached hydrogens (primary N) is 1. The first-order valence-electron chi connectivity index (χ1n) is 7.62. The minimum Gasteiger partial charge on any atom is -0.465 e. The van der Waals surface area contributed by atoms with Crippen molar-refractivity contribution in [3.63, 3.8) is 0 Å². The van der Waals surface area contributed by atoms with Crippen molar-refractivity contribution < 1.29 is 4.42 Å². The molecule has 3 nitrogen and oxygen atoms in total. The van der Waals surface area contributed by atoms with Crippen molar-refractivity contribution in [2.24, 2.45) is 11.7 Å². The van der Waals surface area contributed by atoms with Crippen molar-refractivity contribution in [3.8, 4) is 0 Å². The first kappa shape index (κ1) is 14.6. The van der Waals surface area contributed by atoms with Crippen LogP contribution in [-0.4, -0.2) is 17.5 Å². The van der Waals surface area contributed by atoms with E-state index in [0.717, 1.165) is 24.1 Å². The van der Waals surface area contributed by atoms with Crippen LogP contribution >= 0.6 is 0 Å². The highest BCUT2D eigenvalue weighted by Crippen LogP contribution is 2.27. The van der Waals surface area contributed by atoms with Crippen LogP contribution in [0.3, 0.4) is 0 Å². The van der Waals surface area contributed by atoms with E-state index in [0.29, 0.717) is 12.5 Å². The molecule has 1 aromatic rings. The van der Waals surface area contributed by atoms with Gasteiger partial charge in [-0.25, -0.2) is 0 Å². The molecule has 0 saturated heterocycles. The maximum Gasteiger partial charge on any atom is 0.118 e. The summed E-state index contributed by atoms with van der Waals surface area (Å²) >= 11 is 0. The SMILES string of the molecule is Cc1oc(CN)cc1CN(CC(C)C)C1CCCC1. The summed E-state index contributed by atoms with van der Waals surface area (Å²) in [4.78, 5) is 2.65. The van der Waals surface area contributed by atoms with Gasteiger partial charge < -0.3 is 10.2 Å². The Hall–Kier alpha value is -0.800. The van der Waals surface area contributed by atoms with Crippen LogP contribution in [0.25, 0.3) is 0 Å². The molecular formula is C16H28N2O. The van der Waals surface area contributed by atoms with Gasteiger partial charge in [0.05, 0.1) is 6.54 Å². The Morgan fingerprint density at radius 3 is 2.58 bits per heavy atom. The minimum absolute atomic E-state index is 0.494. The number of hydrogen-bond donors (Lipinski definition) is 1. The Labute approximate surface area is 117 Å². The quantitative estimate of drug-likeness (QED) is 0.855. The molecule has 0 atom stereocenters. The second-order valence-electron chi connectivity index (χ2n) is 6.26. The van der Waals surface area contributed by atoms with Crippen LogP contribution in [-0.2, 0) is 13.1 Å². The van der Waals surface area contributed by atoms with E-state index < -0.39 is 0 Å². The van der Waals surface area contributed by atoms with Gasteiger partial charge in [0, 0.05) is 24.7 Å². The lowest BCUT2D eigenvalue weighted by atomic mass is 10.1. The van der Waals surface area contributed by atoms with Gasteiger partial charge in [-0.1, -0.05) is 26.7 Å². The van der Waals surface area contributed by atoms with E-state index in [-0.39, 0.29) is 0 Å². The van der Waals surface area contributed by atoms with E-state index >= 15 is 0 Å². The van der Waals surface area contributed by atoms with Crippen molar-refractivity contribution in [2.45, 2.75) is 65.6 Å². The van der Waals surface area contributed by atoms with Gasteiger partial charge in [-0.2, -0.15) is 0 Å². The van der Waals surface area contributed by atoms with Crippen LogP contribution in [0, 0.1) is 12.8 Å². The van der Waals surface area contributed by atoms with Crippen LogP contribution in [0.2, 0.25) is 0 Å². The summed E-state index contributed by atoms with van der Waals surface area (Å²) in [6, 6.07) is 2.90. The van der Waals surface area contributed by atoms with E-state index in [1.165, 1.54) is 37.8 Å². The molecule has 3 heteroatoms. The minimum atomic E-state index is 0.494. The Kier molecular flexibility index (Phi) is 5.06. The van der Waals surface area contributed by atoms with Crippen LogP contribution in [0.5, 0.6) is 0 Å². The third-order valence-electron chi connectivity index (χ3n) is 4.09. The molecule has 1 aliphatic carbocycles. The first-order chi connectivity index (χ1) is 9.10. The summed E-state index contributed by atoms with van der Waals surface area (Å²) in [5, 5.41) is 0. The highest BCUT2D eigenvalue weighted by molar-refractivity contribution is 5.20. The summed E-state index contributed by atoms with van der Waals surface area (Å²) < 4.78 is 5.68. The molecule has 0 amide bonds. The molecule has 1 aromatic heterocycles. The monoisotopic (exact) mass is 264 g/mol. The van der Waals surface area contributed by atoms with Crippen molar-refractivity contribution in [1.29, 1.82) is 0 Å². The standard InChI is InChI=1S/C16H28N2O/c1-12(2)10-18(15-6-4-5-7-15)11-14-8-16(9-17)19-13(14)3/h8,12,15H,4-7,9-11,17H2,1-3H3. The van der Waals surface area contributed by atoms with Crippen LogP contribution in [0.15, 0.2) is 10.5 Å². The second-order valence-corrected chi connectivity index (χ2v) is 6.26. The van der Waals surface area contributed by atoms with Gasteiger partial charge in [0.25, 0.3) is 0 Å². The second kappa shape index (κ2) is 6.58. The van der Waals surface area contributed by atoms with E-state index in [4.69, 9.17) is 10.2 Å². The fourth-order valence-electron chi connectivity index (χ4n) is 3.15. The topological polar surface area (TPSA) is 42.4 Å². The summed E-state index contributed by atoms with van der Waals surface area (Å²) in [7, 11) is 0. The van der Waals surface area contributed by atoms with E-state index in [1.54, 1.807) is 0 Å². The zero-order valence-electron chi connectivity index (χ0n) is 12.6. The molecular weight excluding hydrogens is 236 g/mol. The predicted molar refractivity (Wildman–Crippen MR) is 78.8 cm³/mol. The highest BCUT2D eigenvalue weighted by atomic mass is 16.3. The summed E-state index contributed by atoms with van der Waals surface area (Å²) in [6.45, 7) is 9.33. The normalized spacial score (nSPS) is 16.9. The van der Waals surface area contributed by atoms with Crippen LogP contribution in [0.1, 0.15) is 56.6 Å². The molecule has 1 heterocycles. The third-order valence-corrected chi connectivity index (χ3v) is 4.09. The predicted octanol–water partition coefficient (Wildman–Crippen LogP) is 3.45. The number of nitrogens with zero attached hydrogens (tertiary/aromatic N) is 1. The van der Waals surface area contributed by atoms with Gasteiger partial charge in [-0.3, -0.25) is 4.90 Å². The average Bonchev–Trinajstić information content (AvgIpc) is 2.98. The number of rotatable bonds is 6. The summed E-state index contributed by atoms with van der Waals surface area (Å²) in [5.41, 5.74) is 6.97. The van der Waals surface area contributed by atoms with Crippen molar-refractivity contribution in [3.05, 3.63) is 23.2 Å². The first-order valence-corrected chi connectivity index (χ1v) is 7.62.